The number of carbonyl (C=O) groups excluding carboxylic acids is 1. The summed E-state index contributed by atoms with van der Waals surface area (Å²) in [5.74, 6) is 0.0161. The highest BCUT2D eigenvalue weighted by Gasteiger charge is 2.16. The van der Waals surface area contributed by atoms with Crippen molar-refractivity contribution < 1.29 is 9.90 Å². The Morgan fingerprint density at radius 3 is 2.72 bits per heavy atom. The third-order valence-electron chi connectivity index (χ3n) is 2.92. The number of phenols is 1. The molecule has 1 atom stereocenters. The number of anilines is 1. The number of aromatic hydroxyl groups is 1. The second kappa shape index (κ2) is 4.66. The fraction of sp³-hybridized carbons (Fsp3) is 0.214. The first-order valence-electron chi connectivity index (χ1n) is 5.75. The number of rotatable bonds is 2. The first kappa shape index (κ1) is 12.4. The zero-order valence-electron chi connectivity index (χ0n) is 10.4. The molecule has 4 heteroatoms. The van der Waals surface area contributed by atoms with Crippen molar-refractivity contribution in [2.45, 2.75) is 13.0 Å². The van der Waals surface area contributed by atoms with Crippen LogP contribution in [-0.2, 0) is 4.79 Å². The number of fused-ring (bicyclic) bond motifs is 1. The van der Waals surface area contributed by atoms with Gasteiger partial charge in [-0.15, -0.1) is 0 Å². The van der Waals surface area contributed by atoms with E-state index in [2.05, 4.69) is 0 Å². The van der Waals surface area contributed by atoms with E-state index in [1.807, 2.05) is 24.3 Å². The highest BCUT2D eigenvalue weighted by Crippen LogP contribution is 2.29. The fourth-order valence-corrected chi connectivity index (χ4v) is 1.96. The van der Waals surface area contributed by atoms with E-state index >= 15 is 0 Å². The van der Waals surface area contributed by atoms with E-state index in [4.69, 9.17) is 5.73 Å². The molecule has 0 fully saturated rings. The highest BCUT2D eigenvalue weighted by molar-refractivity contribution is 6.05. The number of carbonyl (C=O) groups is 1. The Balaban J connectivity index is 2.57. The second-order valence-electron chi connectivity index (χ2n) is 4.37. The molecule has 2 aromatic carbocycles. The maximum absolute atomic E-state index is 11.9. The Hall–Kier alpha value is -2.07. The van der Waals surface area contributed by atoms with Crippen LogP contribution >= 0.6 is 0 Å². The summed E-state index contributed by atoms with van der Waals surface area (Å²) in [6, 6.07) is 10.2. The van der Waals surface area contributed by atoms with Gasteiger partial charge in [-0.25, -0.2) is 0 Å². The number of hydrogen-bond donors (Lipinski definition) is 2. The van der Waals surface area contributed by atoms with Crippen LogP contribution < -0.4 is 10.6 Å². The number of nitrogens with zero attached hydrogens (tertiary/aromatic N) is 1. The lowest BCUT2D eigenvalue weighted by Crippen LogP contribution is -2.39. The summed E-state index contributed by atoms with van der Waals surface area (Å²) in [5, 5.41) is 11.4. The lowest BCUT2D eigenvalue weighted by molar-refractivity contribution is -0.119. The highest BCUT2D eigenvalue weighted by atomic mass is 16.3. The van der Waals surface area contributed by atoms with Gasteiger partial charge in [-0.1, -0.05) is 18.2 Å². The predicted molar refractivity (Wildman–Crippen MR) is 72.7 cm³/mol. The monoisotopic (exact) mass is 244 g/mol. The lowest BCUT2D eigenvalue weighted by Gasteiger charge is -2.21. The molecule has 0 bridgehead atoms. The third kappa shape index (κ3) is 2.15. The van der Waals surface area contributed by atoms with Crippen LogP contribution in [-0.4, -0.2) is 24.1 Å². The van der Waals surface area contributed by atoms with Gasteiger partial charge in [0, 0.05) is 12.4 Å². The van der Waals surface area contributed by atoms with Crippen LogP contribution in [0, 0.1) is 0 Å². The van der Waals surface area contributed by atoms with Gasteiger partial charge in [0.2, 0.25) is 5.91 Å². The molecule has 2 rings (SSSR count). The molecule has 2 aromatic rings. The van der Waals surface area contributed by atoms with E-state index in [0.29, 0.717) is 0 Å². The number of phenolic OH excluding ortho intramolecular Hbond substituents is 1. The maximum atomic E-state index is 11.9. The zero-order valence-corrected chi connectivity index (χ0v) is 10.4. The Bertz CT molecular complexity index is 593. The van der Waals surface area contributed by atoms with Crippen molar-refractivity contribution in [2.75, 3.05) is 11.9 Å². The number of amides is 1. The fourth-order valence-electron chi connectivity index (χ4n) is 1.96. The van der Waals surface area contributed by atoms with Gasteiger partial charge in [-0.05, 0) is 30.5 Å². The van der Waals surface area contributed by atoms with Gasteiger partial charge in [0.05, 0.1) is 11.7 Å². The number of benzene rings is 2. The van der Waals surface area contributed by atoms with Gasteiger partial charge in [-0.2, -0.15) is 0 Å². The molecule has 4 nitrogen and oxygen atoms in total. The van der Waals surface area contributed by atoms with Crippen molar-refractivity contribution in [3.63, 3.8) is 0 Å². The van der Waals surface area contributed by atoms with Crippen molar-refractivity contribution >= 4 is 22.4 Å². The quantitative estimate of drug-likeness (QED) is 0.847. The molecule has 3 N–H and O–H groups in total. The van der Waals surface area contributed by atoms with E-state index in [1.165, 1.54) is 4.90 Å². The molecule has 18 heavy (non-hydrogen) atoms. The molecule has 0 spiro atoms. The average Bonchev–Trinajstić information content (AvgIpc) is 2.36. The van der Waals surface area contributed by atoms with Gasteiger partial charge in [-0.3, -0.25) is 4.79 Å². The van der Waals surface area contributed by atoms with E-state index in [1.54, 1.807) is 26.1 Å². The minimum absolute atomic E-state index is 0.161. The van der Waals surface area contributed by atoms with E-state index in [-0.39, 0.29) is 11.7 Å². The second-order valence-corrected chi connectivity index (χ2v) is 4.37. The summed E-state index contributed by atoms with van der Waals surface area (Å²) in [6.07, 6.45) is 0. The normalized spacial score (nSPS) is 12.4. The number of likely N-dealkylation sites (N-methyl/N-ethyl adjacent to an activating group) is 1. The standard InChI is InChI=1S/C14H16N2O2/c1-9(15)14(18)16(2)13-5-3-4-10-6-7-11(17)8-12(10)13/h3-9,17H,15H2,1-2H3. The van der Waals surface area contributed by atoms with Crippen LogP contribution in [0.2, 0.25) is 0 Å². The summed E-state index contributed by atoms with van der Waals surface area (Å²) in [6.45, 7) is 1.65. The third-order valence-corrected chi connectivity index (χ3v) is 2.92. The van der Waals surface area contributed by atoms with E-state index in [0.717, 1.165) is 16.5 Å². The first-order valence-corrected chi connectivity index (χ1v) is 5.75. The Labute approximate surface area is 106 Å². The summed E-state index contributed by atoms with van der Waals surface area (Å²) in [7, 11) is 1.69. The molecule has 0 aliphatic rings. The molecule has 0 saturated carbocycles. The van der Waals surface area contributed by atoms with Gasteiger partial charge in [0.25, 0.3) is 0 Å². The van der Waals surface area contributed by atoms with Gasteiger partial charge < -0.3 is 15.7 Å². The van der Waals surface area contributed by atoms with Crippen molar-refractivity contribution in [2.24, 2.45) is 5.73 Å². The minimum Gasteiger partial charge on any atom is -0.508 e. The van der Waals surface area contributed by atoms with Crippen molar-refractivity contribution in [3.05, 3.63) is 36.4 Å². The van der Waals surface area contributed by atoms with Crippen LogP contribution in [0.4, 0.5) is 5.69 Å². The molecule has 1 unspecified atom stereocenters. The predicted octanol–water partition coefficient (Wildman–Crippen LogP) is 1.86. The molecule has 1 amide bonds. The summed E-state index contributed by atoms with van der Waals surface area (Å²) >= 11 is 0. The van der Waals surface area contributed by atoms with Crippen molar-refractivity contribution in [3.8, 4) is 5.75 Å². The van der Waals surface area contributed by atoms with Crippen LogP contribution in [0.1, 0.15) is 6.92 Å². The van der Waals surface area contributed by atoms with Crippen LogP contribution in [0.3, 0.4) is 0 Å². The zero-order chi connectivity index (χ0) is 13.3. The maximum Gasteiger partial charge on any atom is 0.243 e. The molecule has 0 heterocycles. The molecule has 0 aliphatic carbocycles. The molecule has 0 aromatic heterocycles. The SMILES string of the molecule is CC(N)C(=O)N(C)c1cccc2ccc(O)cc12. The lowest BCUT2D eigenvalue weighted by atomic mass is 10.1. The number of nitrogens with two attached hydrogens (primary N) is 1. The van der Waals surface area contributed by atoms with Crippen LogP contribution in [0.15, 0.2) is 36.4 Å². The van der Waals surface area contributed by atoms with Crippen LogP contribution in [0.25, 0.3) is 10.8 Å². The molecule has 0 saturated heterocycles. The molecule has 0 radical (unpaired) electrons. The van der Waals surface area contributed by atoms with E-state index < -0.39 is 6.04 Å². The van der Waals surface area contributed by atoms with Gasteiger partial charge in [0.15, 0.2) is 0 Å². The summed E-state index contributed by atoms with van der Waals surface area (Å²) in [5.41, 5.74) is 6.35. The Kier molecular flexibility index (Phi) is 3.21. The van der Waals surface area contributed by atoms with Crippen molar-refractivity contribution in [1.82, 2.24) is 0 Å². The number of hydrogen-bond acceptors (Lipinski definition) is 3. The largest absolute Gasteiger partial charge is 0.508 e. The van der Waals surface area contributed by atoms with Crippen LogP contribution in [0.5, 0.6) is 5.75 Å². The summed E-state index contributed by atoms with van der Waals surface area (Å²) in [4.78, 5) is 13.4. The smallest absolute Gasteiger partial charge is 0.243 e. The molecular formula is C14H16N2O2. The Morgan fingerprint density at radius 2 is 2.06 bits per heavy atom. The van der Waals surface area contributed by atoms with Gasteiger partial charge >= 0.3 is 0 Å². The average molecular weight is 244 g/mol. The molecule has 0 aliphatic heterocycles. The van der Waals surface area contributed by atoms with Gasteiger partial charge in [0.1, 0.15) is 5.75 Å². The minimum atomic E-state index is -0.553. The molecular weight excluding hydrogens is 228 g/mol. The first-order chi connectivity index (χ1) is 8.50. The van der Waals surface area contributed by atoms with Crippen molar-refractivity contribution in [1.29, 1.82) is 0 Å². The summed E-state index contributed by atoms with van der Waals surface area (Å²) < 4.78 is 0. The topological polar surface area (TPSA) is 66.6 Å². The molecule has 94 valence electrons. The van der Waals surface area contributed by atoms with E-state index in [9.17, 15) is 9.90 Å². The Morgan fingerprint density at radius 1 is 1.33 bits per heavy atom.